The zero-order valence-corrected chi connectivity index (χ0v) is 19.9. The van der Waals surface area contributed by atoms with Crippen molar-refractivity contribution >= 4 is 23.4 Å². The van der Waals surface area contributed by atoms with E-state index < -0.39 is 29.9 Å². The van der Waals surface area contributed by atoms with Crippen molar-refractivity contribution in [2.45, 2.75) is 38.7 Å². The number of nitrogens with one attached hydrogen (secondary N) is 1. The van der Waals surface area contributed by atoms with E-state index in [1.54, 1.807) is 13.8 Å². The van der Waals surface area contributed by atoms with E-state index in [0.29, 0.717) is 30.7 Å². The van der Waals surface area contributed by atoms with Crippen LogP contribution in [0, 0.1) is 6.92 Å². The topological polar surface area (TPSA) is 93.0 Å². The number of nitrogens with zero attached hydrogens (tertiary/aromatic N) is 5. The van der Waals surface area contributed by atoms with Crippen LogP contribution in [0.4, 0.5) is 17.6 Å². The van der Waals surface area contributed by atoms with Gasteiger partial charge < -0.3 is 10.2 Å². The molecule has 1 fully saturated rings. The van der Waals surface area contributed by atoms with Gasteiger partial charge in [0.2, 0.25) is 0 Å². The standard InChI is InChI=1S/C23H21ClF4N6O2/c1-12(30-21(35)15-7-16(23(26,27)28)9-17(24)8-15)20-31-13(2)32-34(20)19-4-3-14(10-29-19)22(36)33-6-5-18(25)11-33/h3-4,7-10,12,18H,5-6,11H2,1-2H3,(H,30,35)/t12-,18+/m0/s1. The monoisotopic (exact) mass is 524 g/mol. The van der Waals surface area contributed by atoms with Gasteiger partial charge in [-0.25, -0.2) is 14.4 Å². The number of halogens is 5. The van der Waals surface area contributed by atoms with Gasteiger partial charge in [0.25, 0.3) is 11.8 Å². The Morgan fingerprint density at radius 2 is 1.94 bits per heavy atom. The van der Waals surface area contributed by atoms with Gasteiger partial charge >= 0.3 is 6.18 Å². The van der Waals surface area contributed by atoms with Crippen molar-refractivity contribution in [3.05, 3.63) is 69.9 Å². The minimum absolute atomic E-state index is 0.0430. The molecular formula is C23H21ClF4N6O2. The zero-order valence-electron chi connectivity index (χ0n) is 19.2. The minimum atomic E-state index is -4.66. The largest absolute Gasteiger partial charge is 0.416 e. The van der Waals surface area contributed by atoms with Gasteiger partial charge in [0.15, 0.2) is 11.6 Å². The van der Waals surface area contributed by atoms with Crippen molar-refractivity contribution in [3.63, 3.8) is 0 Å². The molecule has 190 valence electrons. The molecule has 1 saturated heterocycles. The molecule has 0 spiro atoms. The Morgan fingerprint density at radius 3 is 2.56 bits per heavy atom. The van der Waals surface area contributed by atoms with Gasteiger partial charge in [0.05, 0.1) is 23.7 Å². The number of aromatic nitrogens is 4. The maximum absolute atomic E-state index is 13.4. The van der Waals surface area contributed by atoms with E-state index in [4.69, 9.17) is 11.6 Å². The first-order valence-corrected chi connectivity index (χ1v) is 11.3. The maximum Gasteiger partial charge on any atom is 0.416 e. The van der Waals surface area contributed by atoms with E-state index in [1.807, 2.05) is 0 Å². The second-order valence-corrected chi connectivity index (χ2v) is 8.83. The molecule has 13 heteroatoms. The van der Waals surface area contributed by atoms with Gasteiger partial charge in [0, 0.05) is 23.3 Å². The van der Waals surface area contributed by atoms with Gasteiger partial charge in [-0.15, -0.1) is 5.10 Å². The number of hydrogen-bond donors (Lipinski definition) is 1. The van der Waals surface area contributed by atoms with E-state index in [2.05, 4.69) is 20.4 Å². The second-order valence-electron chi connectivity index (χ2n) is 8.39. The first kappa shape index (κ1) is 25.5. The summed E-state index contributed by atoms with van der Waals surface area (Å²) in [7, 11) is 0. The summed E-state index contributed by atoms with van der Waals surface area (Å²) >= 11 is 5.79. The Kier molecular flexibility index (Phi) is 6.98. The van der Waals surface area contributed by atoms with Crippen LogP contribution < -0.4 is 5.32 Å². The quantitative estimate of drug-likeness (QED) is 0.502. The molecule has 1 aliphatic heterocycles. The van der Waals surface area contributed by atoms with Crippen LogP contribution in [0.5, 0.6) is 0 Å². The van der Waals surface area contributed by atoms with E-state index in [0.717, 1.165) is 12.1 Å². The summed E-state index contributed by atoms with van der Waals surface area (Å²) in [6.45, 7) is 3.59. The highest BCUT2D eigenvalue weighted by Gasteiger charge is 2.32. The first-order valence-electron chi connectivity index (χ1n) is 10.9. The molecule has 0 unspecified atom stereocenters. The number of alkyl halides is 4. The van der Waals surface area contributed by atoms with Crippen molar-refractivity contribution in [1.29, 1.82) is 0 Å². The zero-order chi connectivity index (χ0) is 26.2. The van der Waals surface area contributed by atoms with Crippen LogP contribution in [0.15, 0.2) is 36.5 Å². The summed E-state index contributed by atoms with van der Waals surface area (Å²) in [6, 6.07) is 4.88. The van der Waals surface area contributed by atoms with Gasteiger partial charge in [0.1, 0.15) is 12.0 Å². The van der Waals surface area contributed by atoms with Crippen LogP contribution in [0.25, 0.3) is 5.82 Å². The molecule has 36 heavy (non-hydrogen) atoms. The number of rotatable bonds is 5. The van der Waals surface area contributed by atoms with E-state index in [-0.39, 0.29) is 34.4 Å². The molecule has 2 atom stereocenters. The fraction of sp³-hybridized carbons (Fsp3) is 0.348. The van der Waals surface area contributed by atoms with Gasteiger partial charge in [-0.1, -0.05) is 11.6 Å². The van der Waals surface area contributed by atoms with Crippen molar-refractivity contribution in [2.24, 2.45) is 0 Å². The Balaban J connectivity index is 1.54. The van der Waals surface area contributed by atoms with Crippen LogP contribution in [-0.4, -0.2) is 55.7 Å². The summed E-state index contributed by atoms with van der Waals surface area (Å²) in [5.74, 6) is -0.181. The van der Waals surface area contributed by atoms with Crippen molar-refractivity contribution < 1.29 is 27.2 Å². The molecule has 0 bridgehead atoms. The lowest BCUT2D eigenvalue weighted by Gasteiger charge is -2.16. The number of carbonyl (C=O) groups excluding carboxylic acids is 2. The summed E-state index contributed by atoms with van der Waals surface area (Å²) in [5.41, 5.74) is -1.02. The smallest absolute Gasteiger partial charge is 0.342 e. The Morgan fingerprint density at radius 1 is 1.19 bits per heavy atom. The van der Waals surface area contributed by atoms with Gasteiger partial charge in [-0.3, -0.25) is 9.59 Å². The lowest BCUT2D eigenvalue weighted by atomic mass is 10.1. The third-order valence-electron chi connectivity index (χ3n) is 5.59. The van der Waals surface area contributed by atoms with Crippen molar-refractivity contribution in [3.8, 4) is 5.82 Å². The highest BCUT2D eigenvalue weighted by atomic mass is 35.5. The summed E-state index contributed by atoms with van der Waals surface area (Å²) < 4.78 is 54.1. The first-order chi connectivity index (χ1) is 16.9. The van der Waals surface area contributed by atoms with Crippen LogP contribution in [-0.2, 0) is 6.18 Å². The molecule has 0 radical (unpaired) electrons. The lowest BCUT2D eigenvalue weighted by Crippen LogP contribution is -2.29. The van der Waals surface area contributed by atoms with Crippen molar-refractivity contribution in [2.75, 3.05) is 13.1 Å². The molecule has 1 aromatic carbocycles. The predicted molar refractivity (Wildman–Crippen MR) is 122 cm³/mol. The highest BCUT2D eigenvalue weighted by Crippen LogP contribution is 2.32. The average Bonchev–Trinajstić information content (AvgIpc) is 3.43. The van der Waals surface area contributed by atoms with Crippen LogP contribution in [0.1, 0.15) is 57.3 Å². The van der Waals surface area contributed by atoms with Crippen LogP contribution >= 0.6 is 11.6 Å². The lowest BCUT2D eigenvalue weighted by molar-refractivity contribution is -0.137. The second kappa shape index (κ2) is 9.84. The van der Waals surface area contributed by atoms with Crippen LogP contribution in [0.3, 0.4) is 0 Å². The molecule has 0 saturated carbocycles. The number of pyridine rings is 1. The predicted octanol–water partition coefficient (Wildman–Crippen LogP) is 4.32. The molecule has 2 aromatic heterocycles. The Bertz CT molecular complexity index is 1290. The Labute approximate surface area is 208 Å². The summed E-state index contributed by atoms with van der Waals surface area (Å²) in [5, 5.41) is 6.66. The molecule has 1 aliphatic rings. The number of hydrogen-bond acceptors (Lipinski definition) is 5. The summed E-state index contributed by atoms with van der Waals surface area (Å²) in [6.07, 6.45) is -4.05. The minimum Gasteiger partial charge on any atom is -0.342 e. The fourth-order valence-electron chi connectivity index (χ4n) is 3.83. The third-order valence-corrected chi connectivity index (χ3v) is 5.81. The Hall–Kier alpha value is -3.54. The third kappa shape index (κ3) is 5.48. The normalized spacial score (nSPS) is 16.8. The molecular weight excluding hydrogens is 504 g/mol. The highest BCUT2D eigenvalue weighted by molar-refractivity contribution is 6.31. The number of carbonyl (C=O) groups is 2. The van der Waals surface area contributed by atoms with Gasteiger partial charge in [-0.2, -0.15) is 17.9 Å². The fourth-order valence-corrected chi connectivity index (χ4v) is 4.07. The molecule has 0 aliphatic carbocycles. The number of amides is 2. The summed E-state index contributed by atoms with van der Waals surface area (Å²) in [4.78, 5) is 35.2. The number of benzene rings is 1. The molecule has 2 amide bonds. The van der Waals surface area contributed by atoms with Crippen LogP contribution in [0.2, 0.25) is 5.02 Å². The molecule has 3 aromatic rings. The molecule has 4 rings (SSSR count). The van der Waals surface area contributed by atoms with E-state index in [1.165, 1.54) is 27.9 Å². The van der Waals surface area contributed by atoms with Gasteiger partial charge in [-0.05, 0) is 50.6 Å². The number of likely N-dealkylation sites (tertiary alicyclic amines) is 1. The van der Waals surface area contributed by atoms with E-state index in [9.17, 15) is 27.2 Å². The molecule has 1 N–H and O–H groups in total. The number of aryl methyl sites for hydroxylation is 1. The van der Waals surface area contributed by atoms with E-state index >= 15 is 0 Å². The maximum atomic E-state index is 13.4. The van der Waals surface area contributed by atoms with Crippen molar-refractivity contribution in [1.82, 2.24) is 30.0 Å². The SMILES string of the molecule is Cc1nc([C@H](C)NC(=O)c2cc(Cl)cc(C(F)(F)F)c2)n(-c2ccc(C(=O)N3CC[C@@H](F)C3)cn2)n1. The molecule has 8 nitrogen and oxygen atoms in total. The average molecular weight is 525 g/mol. The molecule has 3 heterocycles.